The summed E-state index contributed by atoms with van der Waals surface area (Å²) < 4.78 is 5.59. The Kier molecular flexibility index (Phi) is 6.57. The molecule has 1 aliphatic heterocycles. The van der Waals surface area contributed by atoms with Crippen LogP contribution >= 0.6 is 11.6 Å². The molecule has 9 heteroatoms. The Morgan fingerprint density at radius 3 is 2.83 bits per heavy atom. The van der Waals surface area contributed by atoms with Gasteiger partial charge in [0.25, 0.3) is 5.91 Å². The van der Waals surface area contributed by atoms with E-state index in [1.54, 1.807) is 19.3 Å². The maximum absolute atomic E-state index is 11.5. The number of rotatable bonds is 8. The quantitative estimate of drug-likeness (QED) is 0.299. The number of anilines is 1. The lowest BCUT2D eigenvalue weighted by atomic mass is 9.89. The number of fused-ring (bicyclic) bond motifs is 1. The lowest BCUT2D eigenvalue weighted by molar-refractivity contribution is -0.122. The molecule has 1 aliphatic rings. The number of ether oxygens (including phenoxy) is 1. The van der Waals surface area contributed by atoms with Crippen LogP contribution in [0.3, 0.4) is 0 Å². The van der Waals surface area contributed by atoms with E-state index in [2.05, 4.69) is 50.2 Å². The second-order valence-corrected chi connectivity index (χ2v) is 9.16. The van der Waals surface area contributed by atoms with Gasteiger partial charge in [-0.3, -0.25) is 4.79 Å². The van der Waals surface area contributed by atoms with Crippen LogP contribution in [0.5, 0.6) is 5.75 Å². The van der Waals surface area contributed by atoms with Crippen molar-refractivity contribution >= 4 is 34.4 Å². The topological polar surface area (TPSA) is 104 Å². The smallest absolute Gasteiger partial charge is 0.257 e. The third-order valence-corrected chi connectivity index (χ3v) is 6.54. The van der Waals surface area contributed by atoms with E-state index in [9.17, 15) is 4.79 Å². The van der Waals surface area contributed by atoms with Crippen LogP contribution in [-0.2, 0) is 11.2 Å². The second-order valence-electron chi connectivity index (χ2n) is 8.75. The van der Waals surface area contributed by atoms with Gasteiger partial charge in [0, 0.05) is 19.2 Å². The summed E-state index contributed by atoms with van der Waals surface area (Å²) in [4.78, 5) is 24.1. The number of likely N-dealkylation sites (N-methyl/N-ethyl adjacent to an activating group) is 1. The van der Waals surface area contributed by atoms with Gasteiger partial charge < -0.3 is 25.7 Å². The molecule has 0 bridgehead atoms. The molecule has 0 radical (unpaired) electrons. The van der Waals surface area contributed by atoms with E-state index >= 15 is 0 Å². The first-order valence-corrected chi connectivity index (χ1v) is 11.9. The number of H-pyrrole nitrogens is 1. The number of hydrogen-bond acceptors (Lipinski definition) is 6. The lowest BCUT2D eigenvalue weighted by Crippen LogP contribution is -2.42. The minimum Gasteiger partial charge on any atom is -0.484 e. The molecule has 35 heavy (non-hydrogen) atoms. The molecule has 1 amide bonds. The van der Waals surface area contributed by atoms with Gasteiger partial charge in [0.2, 0.25) is 0 Å². The number of nitrogens with zero attached hydrogens (tertiary/aromatic N) is 2. The van der Waals surface area contributed by atoms with Crippen LogP contribution in [0.2, 0.25) is 5.02 Å². The van der Waals surface area contributed by atoms with Crippen LogP contribution in [0.1, 0.15) is 12.0 Å². The molecule has 4 aromatic rings. The summed E-state index contributed by atoms with van der Waals surface area (Å²) in [6.45, 7) is 1.71. The summed E-state index contributed by atoms with van der Waals surface area (Å²) in [7, 11) is 1.58. The van der Waals surface area contributed by atoms with E-state index in [1.165, 1.54) is 5.56 Å². The highest BCUT2D eigenvalue weighted by molar-refractivity contribution is 6.34. The van der Waals surface area contributed by atoms with Crippen LogP contribution in [-0.4, -0.2) is 53.1 Å². The van der Waals surface area contributed by atoms with Gasteiger partial charge >= 0.3 is 0 Å². The number of hydrogen-bond donors (Lipinski definition) is 4. The Balaban J connectivity index is 1.46. The van der Waals surface area contributed by atoms with Crippen molar-refractivity contribution in [1.82, 2.24) is 25.6 Å². The van der Waals surface area contributed by atoms with Gasteiger partial charge in [-0.25, -0.2) is 9.97 Å². The Morgan fingerprint density at radius 1 is 1.20 bits per heavy atom. The number of pyridine rings is 1. The minimum atomic E-state index is -0.195. The highest BCUT2D eigenvalue weighted by Gasteiger charge is 2.35. The standard InChI is InChI=1S/C26H27ClN6O2/c1-28-21(34)15-35-19-9-5-8-18(12-19)24-31-23-22(20(27)14-30-25(23)32-24)33-26(10-11-29-16-26)13-17-6-3-2-4-7-17/h2-9,12,14,29H,10-11,13,15-16H2,1H3,(H,28,34)(H2,30,31,32,33)/t26-/m1/s1. The zero-order chi connectivity index (χ0) is 24.3. The summed E-state index contributed by atoms with van der Waals surface area (Å²) in [5.41, 5.74) is 4.03. The lowest BCUT2D eigenvalue weighted by Gasteiger charge is -2.31. The van der Waals surface area contributed by atoms with Crippen LogP contribution in [0.25, 0.3) is 22.6 Å². The number of halogens is 1. The highest BCUT2D eigenvalue weighted by Crippen LogP contribution is 2.35. The van der Waals surface area contributed by atoms with Crippen molar-refractivity contribution in [3.63, 3.8) is 0 Å². The van der Waals surface area contributed by atoms with E-state index in [1.807, 2.05) is 24.3 Å². The number of aromatic nitrogens is 3. The minimum absolute atomic E-state index is 0.0527. The molecule has 0 saturated carbocycles. The fourth-order valence-corrected chi connectivity index (χ4v) is 4.63. The van der Waals surface area contributed by atoms with E-state index in [0.717, 1.165) is 42.7 Å². The van der Waals surface area contributed by atoms with E-state index in [0.29, 0.717) is 22.2 Å². The van der Waals surface area contributed by atoms with Crippen molar-refractivity contribution in [1.29, 1.82) is 0 Å². The zero-order valence-corrected chi connectivity index (χ0v) is 20.2. The summed E-state index contributed by atoms with van der Waals surface area (Å²) in [6, 6.07) is 17.9. The predicted molar refractivity (Wildman–Crippen MR) is 138 cm³/mol. The molecular formula is C26H27ClN6O2. The SMILES string of the molecule is CNC(=O)COc1cccc(-c2nc3ncc(Cl)c(N[C@@]4(Cc5ccccc5)CCNC4)c3[nH]2)c1. The monoisotopic (exact) mass is 490 g/mol. The largest absolute Gasteiger partial charge is 0.484 e. The molecule has 5 rings (SSSR count). The van der Waals surface area contributed by atoms with Crippen molar-refractivity contribution in [3.8, 4) is 17.1 Å². The molecule has 0 spiro atoms. The van der Waals surface area contributed by atoms with Crippen molar-refractivity contribution in [2.24, 2.45) is 0 Å². The highest BCUT2D eigenvalue weighted by atomic mass is 35.5. The number of carbonyl (C=O) groups excluding carboxylic acids is 1. The molecular weight excluding hydrogens is 464 g/mol. The molecule has 1 fully saturated rings. The molecule has 1 atom stereocenters. The second kappa shape index (κ2) is 9.93. The van der Waals surface area contributed by atoms with Gasteiger partial charge in [-0.1, -0.05) is 54.1 Å². The Bertz CT molecular complexity index is 1330. The number of amides is 1. The number of imidazole rings is 1. The summed E-state index contributed by atoms with van der Waals surface area (Å²) in [5, 5.41) is 10.3. The molecule has 2 aromatic carbocycles. The first kappa shape index (κ1) is 23.1. The van der Waals surface area contributed by atoms with E-state index in [4.69, 9.17) is 21.3 Å². The van der Waals surface area contributed by atoms with Gasteiger partial charge in [-0.15, -0.1) is 0 Å². The summed E-state index contributed by atoms with van der Waals surface area (Å²) in [6.07, 6.45) is 3.47. The summed E-state index contributed by atoms with van der Waals surface area (Å²) >= 11 is 6.66. The maximum atomic E-state index is 11.5. The van der Waals surface area contributed by atoms with E-state index < -0.39 is 0 Å². The molecule has 4 N–H and O–H groups in total. The van der Waals surface area contributed by atoms with Crippen molar-refractivity contribution in [2.75, 3.05) is 32.1 Å². The molecule has 0 unspecified atom stereocenters. The number of nitrogens with one attached hydrogen (secondary N) is 4. The Morgan fingerprint density at radius 2 is 2.06 bits per heavy atom. The average Bonchev–Trinajstić information content (AvgIpc) is 3.53. The van der Waals surface area contributed by atoms with Gasteiger partial charge in [-0.05, 0) is 37.1 Å². The molecule has 1 saturated heterocycles. The number of benzene rings is 2. The average molecular weight is 491 g/mol. The Labute approximate surface area is 208 Å². The van der Waals surface area contributed by atoms with Crippen molar-refractivity contribution < 1.29 is 9.53 Å². The molecule has 2 aromatic heterocycles. The third kappa shape index (κ3) is 5.08. The maximum Gasteiger partial charge on any atom is 0.257 e. The zero-order valence-electron chi connectivity index (χ0n) is 19.4. The van der Waals surface area contributed by atoms with Crippen LogP contribution < -0.4 is 20.7 Å². The van der Waals surface area contributed by atoms with Gasteiger partial charge in [-0.2, -0.15) is 0 Å². The number of aromatic amines is 1. The fraction of sp³-hybridized carbons (Fsp3) is 0.269. The van der Waals surface area contributed by atoms with Gasteiger partial charge in [0.15, 0.2) is 12.3 Å². The first-order chi connectivity index (χ1) is 17.0. The molecule has 8 nitrogen and oxygen atoms in total. The summed E-state index contributed by atoms with van der Waals surface area (Å²) in [5.74, 6) is 1.03. The van der Waals surface area contributed by atoms with Crippen molar-refractivity contribution in [2.45, 2.75) is 18.4 Å². The van der Waals surface area contributed by atoms with Gasteiger partial charge in [0.1, 0.15) is 17.1 Å². The molecule has 180 valence electrons. The molecule has 3 heterocycles. The first-order valence-electron chi connectivity index (χ1n) is 11.6. The van der Waals surface area contributed by atoms with Crippen LogP contribution in [0, 0.1) is 0 Å². The van der Waals surface area contributed by atoms with Gasteiger partial charge in [0.05, 0.1) is 22.4 Å². The van der Waals surface area contributed by atoms with E-state index in [-0.39, 0.29) is 18.1 Å². The van der Waals surface area contributed by atoms with Crippen LogP contribution in [0.4, 0.5) is 5.69 Å². The fourth-order valence-electron chi connectivity index (χ4n) is 4.44. The van der Waals surface area contributed by atoms with Crippen molar-refractivity contribution in [3.05, 3.63) is 71.4 Å². The Hall–Kier alpha value is -3.62. The molecule has 0 aliphatic carbocycles. The normalized spacial score (nSPS) is 17.4. The predicted octanol–water partition coefficient (Wildman–Crippen LogP) is 3.79. The third-order valence-electron chi connectivity index (χ3n) is 6.25. The van der Waals surface area contributed by atoms with Crippen LogP contribution in [0.15, 0.2) is 60.8 Å². The number of carbonyl (C=O) groups is 1.